The number of nitrogens with zero attached hydrogens (tertiary/aromatic N) is 5. The van der Waals surface area contributed by atoms with Gasteiger partial charge in [-0.05, 0) is 26.3 Å². The first-order valence-electron chi connectivity index (χ1n) is 8.94. The number of piperazine rings is 1. The molecule has 0 bridgehead atoms. The highest BCUT2D eigenvalue weighted by molar-refractivity contribution is 14.0. The zero-order chi connectivity index (χ0) is 18.2. The maximum atomic E-state index is 11.9. The van der Waals surface area contributed by atoms with Crippen molar-refractivity contribution >= 4 is 35.8 Å². The number of guanidine groups is 1. The van der Waals surface area contributed by atoms with Gasteiger partial charge in [-0.3, -0.25) is 19.4 Å². The zero-order valence-electron chi connectivity index (χ0n) is 16.2. The maximum absolute atomic E-state index is 11.9. The predicted octanol–water partition coefficient (Wildman–Crippen LogP) is 0.527. The number of carbonyl (C=O) groups is 1. The molecule has 148 valence electrons. The first-order valence-corrected chi connectivity index (χ1v) is 8.94. The van der Waals surface area contributed by atoms with Crippen molar-refractivity contribution in [1.29, 1.82) is 0 Å². The van der Waals surface area contributed by atoms with E-state index in [1.807, 2.05) is 44.9 Å². The number of carbonyl (C=O) groups excluding carboxylic acids is 1. The number of halogens is 1. The molecule has 8 nitrogen and oxygen atoms in total. The molecule has 0 spiro atoms. The number of nitrogens with one attached hydrogen (secondary N) is 2. The van der Waals surface area contributed by atoms with E-state index >= 15 is 0 Å². The van der Waals surface area contributed by atoms with Gasteiger partial charge in [0.2, 0.25) is 5.91 Å². The molecule has 0 radical (unpaired) electrons. The van der Waals surface area contributed by atoms with E-state index < -0.39 is 0 Å². The third-order valence-electron chi connectivity index (χ3n) is 4.09. The Morgan fingerprint density at radius 1 is 1.31 bits per heavy atom. The molecule has 0 saturated carbocycles. The van der Waals surface area contributed by atoms with Crippen molar-refractivity contribution in [2.24, 2.45) is 4.99 Å². The number of rotatable bonds is 6. The minimum atomic E-state index is 0. The topological polar surface area (TPSA) is 77.8 Å². The molecule has 1 aromatic heterocycles. The van der Waals surface area contributed by atoms with Crippen LogP contribution in [0.25, 0.3) is 0 Å². The molecule has 26 heavy (non-hydrogen) atoms. The highest BCUT2D eigenvalue weighted by Crippen LogP contribution is 2.02. The fourth-order valence-corrected chi connectivity index (χ4v) is 2.89. The molecule has 2 rings (SSSR count). The summed E-state index contributed by atoms with van der Waals surface area (Å²) in [6.07, 6.45) is 3.90. The zero-order valence-corrected chi connectivity index (χ0v) is 18.6. The molecule has 0 aliphatic carbocycles. The number of aromatic nitrogens is 2. The highest BCUT2D eigenvalue weighted by Gasteiger charge is 2.21. The van der Waals surface area contributed by atoms with Crippen LogP contribution < -0.4 is 10.6 Å². The van der Waals surface area contributed by atoms with Gasteiger partial charge in [-0.15, -0.1) is 24.0 Å². The predicted molar refractivity (Wildman–Crippen MR) is 115 cm³/mol. The van der Waals surface area contributed by atoms with Crippen LogP contribution in [0.5, 0.6) is 0 Å². The van der Waals surface area contributed by atoms with Crippen LogP contribution in [-0.2, 0) is 11.3 Å². The molecule has 0 aromatic carbocycles. The second-order valence-electron chi connectivity index (χ2n) is 6.74. The van der Waals surface area contributed by atoms with Crippen molar-refractivity contribution < 1.29 is 4.79 Å². The fraction of sp³-hybridized carbons (Fsp3) is 0.706. The SMILES string of the molecule is CN=C(NCCn1cc(C)cn1)N1CCN(CC(=O)NC(C)C)CC1.I. The summed E-state index contributed by atoms with van der Waals surface area (Å²) < 4.78 is 1.93. The Kier molecular flexibility index (Phi) is 9.92. The van der Waals surface area contributed by atoms with E-state index in [4.69, 9.17) is 0 Å². The second kappa shape index (κ2) is 11.4. The Hall–Kier alpha value is -1.36. The summed E-state index contributed by atoms with van der Waals surface area (Å²) >= 11 is 0. The summed E-state index contributed by atoms with van der Waals surface area (Å²) in [7, 11) is 1.81. The first kappa shape index (κ1) is 22.7. The Morgan fingerprint density at radius 3 is 2.54 bits per heavy atom. The van der Waals surface area contributed by atoms with Gasteiger partial charge in [-0.1, -0.05) is 0 Å². The van der Waals surface area contributed by atoms with Gasteiger partial charge >= 0.3 is 0 Å². The maximum Gasteiger partial charge on any atom is 0.234 e. The summed E-state index contributed by atoms with van der Waals surface area (Å²) in [5.74, 6) is 1.01. The van der Waals surface area contributed by atoms with Gasteiger partial charge in [0.25, 0.3) is 0 Å². The molecular formula is C17H32IN7O. The molecule has 1 aliphatic heterocycles. The van der Waals surface area contributed by atoms with E-state index in [1.54, 1.807) is 0 Å². The molecule has 1 aromatic rings. The van der Waals surface area contributed by atoms with E-state index in [9.17, 15) is 4.79 Å². The third-order valence-corrected chi connectivity index (χ3v) is 4.09. The largest absolute Gasteiger partial charge is 0.354 e. The van der Waals surface area contributed by atoms with Crippen LogP contribution in [0.4, 0.5) is 0 Å². The summed E-state index contributed by atoms with van der Waals surface area (Å²) in [4.78, 5) is 20.7. The van der Waals surface area contributed by atoms with E-state index in [-0.39, 0.29) is 35.9 Å². The molecule has 9 heteroatoms. The number of amides is 1. The quantitative estimate of drug-likeness (QED) is 0.355. The standard InChI is InChI=1S/C17H31N7O.HI/c1-14(2)21-16(25)13-22-7-9-23(10-8-22)17(18-4)19-5-6-24-12-15(3)11-20-24;/h11-12,14H,5-10,13H2,1-4H3,(H,18,19)(H,21,25);1H. The van der Waals surface area contributed by atoms with Crippen LogP contribution in [0.3, 0.4) is 0 Å². The van der Waals surface area contributed by atoms with Gasteiger partial charge in [-0.25, -0.2) is 0 Å². The summed E-state index contributed by atoms with van der Waals surface area (Å²) in [5, 5.41) is 10.6. The summed E-state index contributed by atoms with van der Waals surface area (Å²) in [6.45, 7) is 11.5. The molecular weight excluding hydrogens is 445 g/mol. The van der Waals surface area contributed by atoms with Crippen molar-refractivity contribution in [3.63, 3.8) is 0 Å². The van der Waals surface area contributed by atoms with E-state index in [0.717, 1.165) is 45.2 Å². The van der Waals surface area contributed by atoms with Gasteiger partial charge in [0.15, 0.2) is 5.96 Å². The minimum Gasteiger partial charge on any atom is -0.354 e. The Bertz CT molecular complexity index is 579. The van der Waals surface area contributed by atoms with Crippen molar-refractivity contribution in [2.45, 2.75) is 33.4 Å². The van der Waals surface area contributed by atoms with Crippen LogP contribution in [-0.4, -0.2) is 83.8 Å². The molecule has 1 saturated heterocycles. The number of aryl methyl sites for hydroxylation is 1. The average Bonchev–Trinajstić information content (AvgIpc) is 2.97. The van der Waals surface area contributed by atoms with Crippen molar-refractivity contribution in [1.82, 2.24) is 30.2 Å². The minimum absolute atomic E-state index is 0. The lowest BCUT2D eigenvalue weighted by molar-refractivity contribution is -0.123. The molecule has 1 amide bonds. The number of hydrogen-bond acceptors (Lipinski definition) is 4. The van der Waals surface area contributed by atoms with Crippen LogP contribution in [0.2, 0.25) is 0 Å². The van der Waals surface area contributed by atoms with Gasteiger partial charge in [0.1, 0.15) is 0 Å². The Morgan fingerprint density at radius 2 is 2.00 bits per heavy atom. The highest BCUT2D eigenvalue weighted by atomic mass is 127. The summed E-state index contributed by atoms with van der Waals surface area (Å²) in [5.41, 5.74) is 1.17. The number of hydrogen-bond donors (Lipinski definition) is 2. The van der Waals surface area contributed by atoms with Crippen molar-refractivity contribution in [2.75, 3.05) is 46.3 Å². The lowest BCUT2D eigenvalue weighted by Crippen LogP contribution is -2.54. The van der Waals surface area contributed by atoms with Crippen LogP contribution >= 0.6 is 24.0 Å². The lowest BCUT2D eigenvalue weighted by Gasteiger charge is -2.36. The molecule has 0 atom stereocenters. The van der Waals surface area contributed by atoms with Crippen LogP contribution in [0.1, 0.15) is 19.4 Å². The molecule has 1 fully saturated rings. The first-order chi connectivity index (χ1) is 12.0. The van der Waals surface area contributed by atoms with E-state index in [0.29, 0.717) is 6.54 Å². The second-order valence-corrected chi connectivity index (χ2v) is 6.74. The monoisotopic (exact) mass is 477 g/mol. The van der Waals surface area contributed by atoms with Gasteiger partial charge in [-0.2, -0.15) is 5.10 Å². The van der Waals surface area contributed by atoms with Crippen molar-refractivity contribution in [3.05, 3.63) is 18.0 Å². The normalized spacial score (nSPS) is 15.7. The Labute approximate surface area is 173 Å². The molecule has 2 heterocycles. The molecule has 0 unspecified atom stereocenters. The van der Waals surface area contributed by atoms with E-state index in [2.05, 4.69) is 30.5 Å². The van der Waals surface area contributed by atoms with Gasteiger partial charge in [0, 0.05) is 52.0 Å². The molecule has 1 aliphatic rings. The van der Waals surface area contributed by atoms with E-state index in [1.165, 1.54) is 5.56 Å². The smallest absolute Gasteiger partial charge is 0.234 e. The van der Waals surface area contributed by atoms with Crippen LogP contribution in [0, 0.1) is 6.92 Å². The van der Waals surface area contributed by atoms with Crippen LogP contribution in [0.15, 0.2) is 17.4 Å². The van der Waals surface area contributed by atoms with Gasteiger partial charge in [0.05, 0.1) is 19.3 Å². The van der Waals surface area contributed by atoms with Crippen molar-refractivity contribution in [3.8, 4) is 0 Å². The van der Waals surface area contributed by atoms with Gasteiger partial charge < -0.3 is 15.5 Å². The Balaban J connectivity index is 0.00000338. The lowest BCUT2D eigenvalue weighted by atomic mass is 10.3. The molecule has 2 N–H and O–H groups in total. The number of aliphatic imine (C=N–C) groups is 1. The summed E-state index contributed by atoms with van der Waals surface area (Å²) in [6, 6.07) is 0.190. The average molecular weight is 477 g/mol. The fourth-order valence-electron chi connectivity index (χ4n) is 2.89. The third kappa shape index (κ3) is 7.48.